The Morgan fingerprint density at radius 1 is 1.13 bits per heavy atom. The van der Waals surface area contributed by atoms with E-state index in [9.17, 15) is 28.1 Å². The molecule has 1 heterocycles. The molecule has 0 fully saturated rings. The zero-order valence-electron chi connectivity index (χ0n) is 24.0. The molecule has 3 aromatic carbocycles. The minimum absolute atomic E-state index is 0.00299. The van der Waals surface area contributed by atoms with Crippen LogP contribution in [0.4, 0.5) is 24.5 Å². The zero-order valence-corrected chi connectivity index (χ0v) is 24.8. The molecule has 0 saturated carbocycles. The average molecular weight is 636 g/mol. The number of nitro benzene ring substituents is 1. The third-order valence-electron chi connectivity index (χ3n) is 6.78. The van der Waals surface area contributed by atoms with E-state index in [1.54, 1.807) is 31.6 Å². The van der Waals surface area contributed by atoms with Crippen LogP contribution < -0.4 is 10.6 Å². The van der Waals surface area contributed by atoms with Crippen LogP contribution in [-0.2, 0) is 30.5 Å². The molecule has 1 atom stereocenters. The Balaban J connectivity index is 1.46. The predicted molar refractivity (Wildman–Crippen MR) is 165 cm³/mol. The van der Waals surface area contributed by atoms with Crippen LogP contribution in [0.3, 0.4) is 0 Å². The highest BCUT2D eigenvalue weighted by Gasteiger charge is 2.33. The van der Waals surface area contributed by atoms with Crippen molar-refractivity contribution in [3.8, 4) is 6.07 Å². The molecule has 4 rings (SSSR count). The number of aromatic nitrogens is 2. The van der Waals surface area contributed by atoms with Crippen LogP contribution >= 0.6 is 12.2 Å². The molecule has 1 aromatic heterocycles. The molecule has 4 aromatic rings. The van der Waals surface area contributed by atoms with Gasteiger partial charge in [-0.2, -0.15) is 18.4 Å². The van der Waals surface area contributed by atoms with Gasteiger partial charge in [0, 0.05) is 55.4 Å². The molecule has 10 nitrogen and oxygen atoms in total. The summed E-state index contributed by atoms with van der Waals surface area (Å²) < 4.78 is 43.1. The van der Waals surface area contributed by atoms with Crippen molar-refractivity contribution in [3.05, 3.63) is 123 Å². The van der Waals surface area contributed by atoms with E-state index < -0.39 is 22.7 Å². The van der Waals surface area contributed by atoms with Crippen LogP contribution in [0, 0.1) is 21.4 Å². The minimum atomic E-state index is -4.59. The molecule has 0 bridgehead atoms. The summed E-state index contributed by atoms with van der Waals surface area (Å²) in [5.41, 5.74) is 1.57. The maximum Gasteiger partial charge on any atom is 0.416 e. The molecule has 2 N–H and O–H groups in total. The number of benzene rings is 3. The third-order valence-corrected chi connectivity index (χ3v) is 7.14. The van der Waals surface area contributed by atoms with Crippen molar-refractivity contribution < 1.29 is 22.9 Å². The van der Waals surface area contributed by atoms with E-state index in [-0.39, 0.29) is 41.8 Å². The van der Waals surface area contributed by atoms with E-state index in [4.69, 9.17) is 17.5 Å². The number of thiocarbonyl (C=S) groups is 1. The molecule has 0 radical (unpaired) electrons. The summed E-state index contributed by atoms with van der Waals surface area (Å²) in [6, 6.07) is 19.2. The first-order valence-corrected chi connectivity index (χ1v) is 14.1. The van der Waals surface area contributed by atoms with Gasteiger partial charge in [-0.1, -0.05) is 30.3 Å². The van der Waals surface area contributed by atoms with E-state index in [1.807, 2.05) is 16.7 Å². The van der Waals surface area contributed by atoms with Crippen molar-refractivity contribution in [2.45, 2.75) is 38.7 Å². The Labute approximate surface area is 262 Å². The Hall–Kier alpha value is -5.29. The second kappa shape index (κ2) is 14.5. The van der Waals surface area contributed by atoms with Crippen molar-refractivity contribution in [1.29, 1.82) is 5.26 Å². The van der Waals surface area contributed by atoms with Crippen LogP contribution in [0.1, 0.15) is 34.9 Å². The molecule has 0 aliphatic carbocycles. The number of carbonyl (C=O) groups excluding carboxylic acids is 1. The molecule has 45 heavy (non-hydrogen) atoms. The number of nitriles is 1. The smallest absolute Gasteiger partial charge is 0.352 e. The minimum Gasteiger partial charge on any atom is -0.352 e. The fourth-order valence-electron chi connectivity index (χ4n) is 4.61. The maximum absolute atomic E-state index is 13.8. The molecule has 0 aliphatic heterocycles. The maximum atomic E-state index is 13.8. The lowest BCUT2D eigenvalue weighted by atomic mass is 10.1. The van der Waals surface area contributed by atoms with E-state index in [0.717, 1.165) is 11.6 Å². The molecular formula is C31H28F3N7O3S. The highest BCUT2D eigenvalue weighted by atomic mass is 32.1. The first kappa shape index (κ1) is 32.6. The van der Waals surface area contributed by atoms with Gasteiger partial charge in [0.2, 0.25) is 5.91 Å². The monoisotopic (exact) mass is 635 g/mol. The number of halogens is 3. The number of alkyl halides is 3. The fourth-order valence-corrected chi connectivity index (χ4v) is 4.87. The normalized spacial score (nSPS) is 11.7. The number of hydrogen-bond acceptors (Lipinski definition) is 6. The second-order valence-electron chi connectivity index (χ2n) is 10.2. The van der Waals surface area contributed by atoms with Crippen LogP contribution in [0.15, 0.2) is 85.3 Å². The van der Waals surface area contributed by atoms with E-state index in [0.29, 0.717) is 23.5 Å². The molecule has 0 saturated heterocycles. The van der Waals surface area contributed by atoms with E-state index in [1.165, 1.54) is 47.4 Å². The van der Waals surface area contributed by atoms with Crippen molar-refractivity contribution in [1.82, 2.24) is 19.8 Å². The lowest BCUT2D eigenvalue weighted by Crippen LogP contribution is -2.46. The highest BCUT2D eigenvalue weighted by Crippen LogP contribution is 2.32. The molecule has 232 valence electrons. The van der Waals surface area contributed by atoms with Crippen molar-refractivity contribution in [2.75, 3.05) is 11.9 Å². The van der Waals surface area contributed by atoms with Gasteiger partial charge in [0.15, 0.2) is 5.11 Å². The lowest BCUT2D eigenvalue weighted by molar-refractivity contribution is -0.384. The van der Waals surface area contributed by atoms with Gasteiger partial charge in [-0.15, -0.1) is 0 Å². The Kier molecular flexibility index (Phi) is 10.5. The Morgan fingerprint density at radius 3 is 2.47 bits per heavy atom. The first-order valence-electron chi connectivity index (χ1n) is 13.7. The summed E-state index contributed by atoms with van der Waals surface area (Å²) in [4.78, 5) is 29.1. The standard InChI is InChI=1S/C31H28F3N7O3S/c1-21(37-29(42)14-27-16-36-20-40(27)18-23-8-6-22(15-35)7-9-23)17-39(19-24-4-2-3-5-28(24)31(32,33)34)30(45)38-25-10-12-26(13-11-25)41(43)44/h2-13,16,20-21H,14,17-19H2,1H3,(H,37,42)(H,38,45)/t21-/m0/s1. The number of rotatable bonds is 11. The van der Waals surface area contributed by atoms with Crippen LogP contribution in [0.25, 0.3) is 0 Å². The number of amides is 1. The van der Waals surface area contributed by atoms with Crippen molar-refractivity contribution >= 4 is 34.6 Å². The van der Waals surface area contributed by atoms with Gasteiger partial charge in [-0.25, -0.2) is 4.98 Å². The van der Waals surface area contributed by atoms with Gasteiger partial charge in [0.25, 0.3) is 5.69 Å². The van der Waals surface area contributed by atoms with E-state index >= 15 is 0 Å². The first-order chi connectivity index (χ1) is 21.4. The van der Waals surface area contributed by atoms with Gasteiger partial charge in [-0.3, -0.25) is 14.9 Å². The molecule has 0 unspecified atom stereocenters. The molecule has 0 spiro atoms. The number of nitrogens with one attached hydrogen (secondary N) is 2. The summed E-state index contributed by atoms with van der Waals surface area (Å²) in [6.07, 6.45) is -1.40. The summed E-state index contributed by atoms with van der Waals surface area (Å²) in [7, 11) is 0. The number of nitro groups is 1. The zero-order chi connectivity index (χ0) is 32.6. The number of hydrogen-bond donors (Lipinski definition) is 2. The summed E-state index contributed by atoms with van der Waals surface area (Å²) in [6.45, 7) is 2.00. The SMILES string of the molecule is C[C@@H](CN(Cc1ccccc1C(F)(F)F)C(=S)Nc1ccc([N+](=O)[O-])cc1)NC(=O)Cc1cncn1Cc1ccc(C#N)cc1. The number of non-ortho nitro benzene ring substituents is 1. The predicted octanol–water partition coefficient (Wildman–Crippen LogP) is 5.68. The Morgan fingerprint density at radius 2 is 1.82 bits per heavy atom. The molecular weight excluding hydrogens is 607 g/mol. The topological polar surface area (TPSA) is 129 Å². The quantitative estimate of drug-likeness (QED) is 0.122. The van der Waals surface area contributed by atoms with Crippen LogP contribution in [0.2, 0.25) is 0 Å². The van der Waals surface area contributed by atoms with E-state index in [2.05, 4.69) is 21.7 Å². The molecule has 0 aliphatic rings. The van der Waals surface area contributed by atoms with Gasteiger partial charge in [0.1, 0.15) is 0 Å². The van der Waals surface area contributed by atoms with Gasteiger partial charge < -0.3 is 20.1 Å². The van der Waals surface area contributed by atoms with Crippen LogP contribution in [-0.4, -0.2) is 43.0 Å². The number of anilines is 1. The largest absolute Gasteiger partial charge is 0.416 e. The van der Waals surface area contributed by atoms with Gasteiger partial charge >= 0.3 is 6.18 Å². The van der Waals surface area contributed by atoms with Gasteiger partial charge in [-0.05, 0) is 60.6 Å². The highest BCUT2D eigenvalue weighted by molar-refractivity contribution is 7.80. The summed E-state index contributed by atoms with van der Waals surface area (Å²) in [5, 5.41) is 25.9. The fraction of sp³-hybridized carbons (Fsp3) is 0.226. The van der Waals surface area contributed by atoms with Gasteiger partial charge in [0.05, 0.1) is 34.9 Å². The third kappa shape index (κ3) is 9.10. The lowest BCUT2D eigenvalue weighted by Gasteiger charge is -2.30. The number of imidazole rings is 1. The van der Waals surface area contributed by atoms with Crippen molar-refractivity contribution in [3.63, 3.8) is 0 Å². The second-order valence-corrected chi connectivity index (χ2v) is 10.6. The molecule has 1 amide bonds. The van der Waals surface area contributed by atoms with Crippen molar-refractivity contribution in [2.24, 2.45) is 0 Å². The summed E-state index contributed by atoms with van der Waals surface area (Å²) >= 11 is 5.56. The Bertz CT molecular complexity index is 1700. The molecule has 14 heteroatoms. The van der Waals surface area contributed by atoms with Crippen LogP contribution in [0.5, 0.6) is 0 Å². The number of nitrogens with zero attached hydrogens (tertiary/aromatic N) is 5. The summed E-state index contributed by atoms with van der Waals surface area (Å²) in [5.74, 6) is -0.325. The average Bonchev–Trinajstić information content (AvgIpc) is 3.42. The number of carbonyl (C=O) groups is 1.